The zero-order chi connectivity index (χ0) is 15.0. The molecule has 110 valence electrons. The Labute approximate surface area is 121 Å². The molecule has 5 heteroatoms. The predicted molar refractivity (Wildman–Crippen MR) is 81.1 cm³/mol. The minimum Gasteiger partial charge on any atom is -0.200 e. The summed E-state index contributed by atoms with van der Waals surface area (Å²) in [4.78, 5) is 2.63. The van der Waals surface area contributed by atoms with E-state index in [2.05, 4.69) is 30.7 Å². The first-order valence-electron chi connectivity index (χ1n) is 6.89. The van der Waals surface area contributed by atoms with E-state index in [-0.39, 0.29) is 10.3 Å². The molecule has 1 fully saturated rings. The molecule has 1 aliphatic rings. The summed E-state index contributed by atoms with van der Waals surface area (Å²) in [5.41, 5.74) is 1.93. The van der Waals surface area contributed by atoms with Crippen molar-refractivity contribution in [2.24, 2.45) is 16.4 Å². The lowest BCUT2D eigenvalue weighted by Gasteiger charge is -2.19. The number of hydrogen-bond donors (Lipinski definition) is 1. The highest BCUT2D eigenvalue weighted by molar-refractivity contribution is 7.89. The minimum absolute atomic E-state index is 0.0325. The summed E-state index contributed by atoms with van der Waals surface area (Å²) in [5, 5.41) is 4.21. The maximum atomic E-state index is 12.2. The Kier molecular flexibility index (Phi) is 3.91. The highest BCUT2D eigenvalue weighted by atomic mass is 32.2. The number of nitrogens with one attached hydrogen (secondary N) is 1. The van der Waals surface area contributed by atoms with Crippen LogP contribution in [0.5, 0.6) is 0 Å². The van der Waals surface area contributed by atoms with E-state index in [4.69, 9.17) is 0 Å². The van der Waals surface area contributed by atoms with Gasteiger partial charge in [-0.25, -0.2) is 4.83 Å². The fourth-order valence-corrected chi connectivity index (χ4v) is 3.47. The Bertz CT molecular complexity index is 616. The second kappa shape index (κ2) is 5.20. The first-order chi connectivity index (χ1) is 9.22. The van der Waals surface area contributed by atoms with Gasteiger partial charge in [-0.2, -0.15) is 13.5 Å². The summed E-state index contributed by atoms with van der Waals surface area (Å²) >= 11 is 0. The molecule has 20 heavy (non-hydrogen) atoms. The molecular formula is C15H22N2O2S. The molecule has 0 bridgehead atoms. The first kappa shape index (κ1) is 15.0. The van der Waals surface area contributed by atoms with Gasteiger partial charge in [-0.15, -0.1) is 0 Å². The van der Waals surface area contributed by atoms with Crippen molar-refractivity contribution in [1.82, 2.24) is 4.83 Å². The summed E-state index contributed by atoms with van der Waals surface area (Å²) in [6, 6.07) is 6.76. The van der Waals surface area contributed by atoms with Gasteiger partial charge in [0.25, 0.3) is 10.0 Å². The zero-order valence-electron chi connectivity index (χ0n) is 12.5. The molecule has 0 heterocycles. The third-order valence-electron chi connectivity index (χ3n) is 3.98. The predicted octanol–water partition coefficient (Wildman–Crippen LogP) is 3.09. The molecule has 0 aliphatic heterocycles. The van der Waals surface area contributed by atoms with Crippen molar-refractivity contribution < 1.29 is 8.42 Å². The molecule has 4 nitrogen and oxygen atoms in total. The largest absolute Gasteiger partial charge is 0.276 e. The van der Waals surface area contributed by atoms with Crippen LogP contribution in [-0.4, -0.2) is 14.1 Å². The molecule has 0 spiro atoms. The van der Waals surface area contributed by atoms with E-state index in [1.165, 1.54) is 0 Å². The van der Waals surface area contributed by atoms with Crippen LogP contribution in [0.15, 0.2) is 34.3 Å². The van der Waals surface area contributed by atoms with Crippen LogP contribution in [-0.2, 0) is 10.0 Å². The second-order valence-electron chi connectivity index (χ2n) is 6.23. The Morgan fingerprint density at radius 1 is 1.25 bits per heavy atom. The van der Waals surface area contributed by atoms with Crippen LogP contribution in [0, 0.1) is 18.3 Å². The zero-order valence-corrected chi connectivity index (χ0v) is 13.3. The summed E-state index contributed by atoms with van der Waals surface area (Å²) in [7, 11) is -3.58. The van der Waals surface area contributed by atoms with Crippen LogP contribution in [0.4, 0.5) is 0 Å². The molecule has 0 radical (unpaired) electrons. The first-order valence-corrected chi connectivity index (χ1v) is 8.37. The summed E-state index contributed by atoms with van der Waals surface area (Å²) in [6.45, 7) is 8.23. The third-order valence-corrected chi connectivity index (χ3v) is 5.20. The van der Waals surface area contributed by atoms with Crippen molar-refractivity contribution in [3.63, 3.8) is 0 Å². The van der Waals surface area contributed by atoms with Gasteiger partial charge in [-0.3, -0.25) is 0 Å². The van der Waals surface area contributed by atoms with Gasteiger partial charge < -0.3 is 0 Å². The fourth-order valence-electron chi connectivity index (χ4n) is 2.65. The lowest BCUT2D eigenvalue weighted by atomic mass is 9.88. The highest BCUT2D eigenvalue weighted by Gasteiger charge is 2.36. The number of sulfonamides is 1. The Hall–Kier alpha value is -1.36. The van der Waals surface area contributed by atoms with Gasteiger partial charge in [0.1, 0.15) is 0 Å². The van der Waals surface area contributed by atoms with E-state index < -0.39 is 10.0 Å². The quantitative estimate of drug-likeness (QED) is 0.871. The smallest absolute Gasteiger partial charge is 0.200 e. The molecule has 0 amide bonds. The van der Waals surface area contributed by atoms with Gasteiger partial charge in [0.15, 0.2) is 0 Å². The normalized spacial score (nSPS) is 24.0. The van der Waals surface area contributed by atoms with Gasteiger partial charge in [0, 0.05) is 11.1 Å². The van der Waals surface area contributed by atoms with Crippen LogP contribution >= 0.6 is 0 Å². The van der Waals surface area contributed by atoms with Gasteiger partial charge in [-0.05, 0) is 37.8 Å². The average Bonchev–Trinajstić information content (AvgIpc) is 2.62. The van der Waals surface area contributed by atoms with Crippen molar-refractivity contribution >= 4 is 15.7 Å². The molecule has 1 aliphatic carbocycles. The Morgan fingerprint density at radius 3 is 2.35 bits per heavy atom. The van der Waals surface area contributed by atoms with E-state index >= 15 is 0 Å². The number of aryl methyl sites for hydroxylation is 1. The second-order valence-corrected chi connectivity index (χ2v) is 7.89. The van der Waals surface area contributed by atoms with E-state index in [1.54, 1.807) is 24.3 Å². The van der Waals surface area contributed by atoms with Gasteiger partial charge in [0.05, 0.1) is 4.90 Å². The van der Waals surface area contributed by atoms with E-state index in [0.29, 0.717) is 5.92 Å². The lowest BCUT2D eigenvalue weighted by molar-refractivity contribution is 0.505. The van der Waals surface area contributed by atoms with E-state index in [9.17, 15) is 8.42 Å². The molecule has 1 saturated carbocycles. The monoisotopic (exact) mass is 294 g/mol. The maximum absolute atomic E-state index is 12.2. The fraction of sp³-hybridized carbons (Fsp3) is 0.533. The lowest BCUT2D eigenvalue weighted by Crippen LogP contribution is -2.27. The molecule has 1 atom stereocenters. The van der Waals surface area contributed by atoms with E-state index in [0.717, 1.165) is 24.1 Å². The topological polar surface area (TPSA) is 58.5 Å². The molecule has 1 N–H and O–H groups in total. The SMILES string of the molecule is Cc1ccc(S(=O)(=O)N/N=C2\C(C)CCC2(C)C)cc1. The standard InChI is InChI=1S/C15H22N2O2S/c1-11-5-7-13(8-6-11)20(18,19)17-16-14-12(2)9-10-15(14,3)4/h5-8,12,17H,9-10H2,1-4H3/b16-14+. The van der Waals surface area contributed by atoms with Crippen LogP contribution in [0.2, 0.25) is 0 Å². The Morgan fingerprint density at radius 2 is 1.85 bits per heavy atom. The minimum atomic E-state index is -3.58. The van der Waals surface area contributed by atoms with Crippen LogP contribution in [0.3, 0.4) is 0 Å². The van der Waals surface area contributed by atoms with Crippen molar-refractivity contribution in [3.05, 3.63) is 29.8 Å². The number of hydrogen-bond acceptors (Lipinski definition) is 3. The molecule has 1 aromatic rings. The van der Waals surface area contributed by atoms with Crippen LogP contribution in [0.1, 0.15) is 39.2 Å². The molecule has 2 rings (SSSR count). The molecule has 0 aromatic heterocycles. The molecule has 0 saturated heterocycles. The summed E-state index contributed by atoms with van der Waals surface area (Å²) in [5.74, 6) is 0.325. The number of benzene rings is 1. The molecule has 1 unspecified atom stereocenters. The highest BCUT2D eigenvalue weighted by Crippen LogP contribution is 2.38. The van der Waals surface area contributed by atoms with Crippen molar-refractivity contribution in [2.45, 2.75) is 45.4 Å². The average molecular weight is 294 g/mol. The van der Waals surface area contributed by atoms with Crippen molar-refractivity contribution in [1.29, 1.82) is 0 Å². The van der Waals surface area contributed by atoms with E-state index in [1.807, 2.05) is 6.92 Å². The maximum Gasteiger partial charge on any atom is 0.276 e. The van der Waals surface area contributed by atoms with Gasteiger partial charge in [0.2, 0.25) is 0 Å². The number of hydrazone groups is 1. The van der Waals surface area contributed by atoms with Gasteiger partial charge >= 0.3 is 0 Å². The van der Waals surface area contributed by atoms with Crippen molar-refractivity contribution in [2.75, 3.05) is 0 Å². The van der Waals surface area contributed by atoms with Crippen molar-refractivity contribution in [3.8, 4) is 0 Å². The molecule has 1 aromatic carbocycles. The van der Waals surface area contributed by atoms with Crippen LogP contribution < -0.4 is 4.83 Å². The summed E-state index contributed by atoms with van der Waals surface area (Å²) < 4.78 is 24.4. The third kappa shape index (κ3) is 3.03. The Balaban J connectivity index is 2.23. The van der Waals surface area contributed by atoms with Crippen LogP contribution in [0.25, 0.3) is 0 Å². The number of rotatable bonds is 3. The van der Waals surface area contributed by atoms with Gasteiger partial charge in [-0.1, -0.05) is 38.5 Å². The molecular weight excluding hydrogens is 272 g/mol. The number of nitrogens with zero attached hydrogens (tertiary/aromatic N) is 1. The summed E-state index contributed by atoms with van der Waals surface area (Å²) in [6.07, 6.45) is 2.09.